The van der Waals surface area contributed by atoms with Gasteiger partial charge in [0.25, 0.3) is 0 Å². The zero-order valence-corrected chi connectivity index (χ0v) is 17.9. The van der Waals surface area contributed by atoms with Crippen LogP contribution in [0.15, 0.2) is 12.2 Å². The van der Waals surface area contributed by atoms with Crippen molar-refractivity contribution in [3.63, 3.8) is 0 Å². The number of hydrogen-bond donors (Lipinski definition) is 0. The molecule has 0 aliphatic carbocycles. The lowest BCUT2D eigenvalue weighted by Gasteiger charge is -2.35. The van der Waals surface area contributed by atoms with Crippen LogP contribution in [0.5, 0.6) is 0 Å². The van der Waals surface area contributed by atoms with Crippen LogP contribution in [0.2, 0.25) is 0 Å². The Morgan fingerprint density at radius 2 is 1.52 bits per heavy atom. The lowest BCUT2D eigenvalue weighted by molar-refractivity contribution is -0.127. The van der Waals surface area contributed by atoms with Gasteiger partial charge in [-0.25, -0.2) is 0 Å². The minimum absolute atomic E-state index is 0.165. The predicted octanol–water partition coefficient (Wildman–Crippen LogP) is 5.51. The van der Waals surface area contributed by atoms with Crippen molar-refractivity contribution in [2.45, 2.75) is 85.5 Å². The molecule has 1 unspecified atom stereocenters. The molecule has 0 aliphatic heterocycles. The van der Waals surface area contributed by atoms with Crippen LogP contribution < -0.4 is 0 Å². The lowest BCUT2D eigenvalue weighted by atomic mass is 9.79. The average molecular weight is 353 g/mol. The highest BCUT2D eigenvalue weighted by Crippen LogP contribution is 2.32. The molecule has 0 bridgehead atoms. The first kappa shape index (κ1) is 24.2. The minimum atomic E-state index is 0.165. The Bertz CT molecular complexity index is 365. The van der Waals surface area contributed by atoms with E-state index in [1.54, 1.807) is 6.08 Å². The van der Waals surface area contributed by atoms with E-state index < -0.39 is 0 Å². The molecule has 1 amide bonds. The Kier molecular flexibility index (Phi) is 13.9. The Morgan fingerprint density at radius 3 is 2.08 bits per heavy atom. The summed E-state index contributed by atoms with van der Waals surface area (Å²) >= 11 is 0. The van der Waals surface area contributed by atoms with Gasteiger partial charge >= 0.3 is 0 Å². The van der Waals surface area contributed by atoms with Gasteiger partial charge in [0.05, 0.1) is 0 Å². The Labute approximate surface area is 157 Å². The molecule has 0 saturated carbocycles. The first-order chi connectivity index (χ1) is 11.9. The van der Waals surface area contributed by atoms with Gasteiger partial charge in [-0.05, 0) is 39.3 Å². The summed E-state index contributed by atoms with van der Waals surface area (Å²) in [6.45, 7) is 11.5. The molecule has 0 saturated heterocycles. The molecule has 0 fully saturated rings. The quantitative estimate of drug-likeness (QED) is 0.286. The summed E-state index contributed by atoms with van der Waals surface area (Å²) in [5, 5.41) is 0. The van der Waals surface area contributed by atoms with Gasteiger partial charge in [-0.15, -0.1) is 0 Å². The second kappa shape index (κ2) is 14.4. The largest absolute Gasteiger partial charge is 0.339 e. The zero-order valence-electron chi connectivity index (χ0n) is 17.9. The van der Waals surface area contributed by atoms with E-state index in [9.17, 15) is 4.79 Å². The maximum Gasteiger partial charge on any atom is 0.246 e. The molecular weight excluding hydrogens is 308 g/mol. The van der Waals surface area contributed by atoms with Gasteiger partial charge in [0.15, 0.2) is 0 Å². The van der Waals surface area contributed by atoms with Crippen molar-refractivity contribution in [1.82, 2.24) is 9.80 Å². The predicted molar refractivity (Wildman–Crippen MR) is 111 cm³/mol. The third-order valence-corrected chi connectivity index (χ3v) is 5.01. The lowest BCUT2D eigenvalue weighted by Crippen LogP contribution is -2.39. The van der Waals surface area contributed by atoms with Crippen molar-refractivity contribution >= 4 is 5.91 Å². The summed E-state index contributed by atoms with van der Waals surface area (Å²) < 4.78 is 0. The number of amides is 1. The van der Waals surface area contributed by atoms with Crippen molar-refractivity contribution in [3.05, 3.63) is 12.2 Å². The number of likely N-dealkylation sites (N-methyl/N-ethyl adjacent to an activating group) is 2. The molecule has 0 heterocycles. The number of rotatable bonds is 15. The van der Waals surface area contributed by atoms with Gasteiger partial charge in [0, 0.05) is 25.7 Å². The van der Waals surface area contributed by atoms with Crippen LogP contribution >= 0.6 is 0 Å². The van der Waals surface area contributed by atoms with E-state index in [1.165, 1.54) is 57.8 Å². The van der Waals surface area contributed by atoms with Crippen LogP contribution in [0.1, 0.15) is 85.5 Å². The van der Waals surface area contributed by atoms with Crippen LogP contribution in [0.25, 0.3) is 0 Å². The number of unbranched alkanes of at least 4 members (excludes halogenated alkanes) is 5. The molecule has 25 heavy (non-hydrogen) atoms. The molecular formula is C22H44N2O. The number of carbonyl (C=O) groups excluding carboxylic acids is 1. The Morgan fingerprint density at radius 1 is 0.920 bits per heavy atom. The molecule has 0 aromatic heterocycles. The van der Waals surface area contributed by atoms with Gasteiger partial charge in [-0.2, -0.15) is 0 Å². The van der Waals surface area contributed by atoms with Crippen LogP contribution in [-0.2, 0) is 4.79 Å². The number of hydrogen-bond acceptors (Lipinski definition) is 2. The molecule has 3 nitrogen and oxygen atoms in total. The average Bonchev–Trinajstić information content (AvgIpc) is 2.57. The second-order valence-corrected chi connectivity index (χ2v) is 8.10. The molecule has 0 radical (unpaired) electrons. The first-order valence-corrected chi connectivity index (χ1v) is 10.5. The van der Waals surface area contributed by atoms with Gasteiger partial charge in [-0.1, -0.05) is 71.8 Å². The summed E-state index contributed by atoms with van der Waals surface area (Å²) in [6, 6.07) is 0. The monoisotopic (exact) mass is 352 g/mol. The summed E-state index contributed by atoms with van der Waals surface area (Å²) in [7, 11) is 4.04. The van der Waals surface area contributed by atoms with E-state index in [4.69, 9.17) is 0 Å². The van der Waals surface area contributed by atoms with E-state index in [2.05, 4.69) is 32.6 Å². The fraction of sp³-hybridized carbons (Fsp3) is 0.864. The standard InChI is InChI=1S/C22H44N2O/c1-7-10-12-13-14-18-22(4,17-11-8-2)20-24(9-3)21(25)16-15-19-23(5)6/h15-16H,7-14,17-20H2,1-6H3/b16-15+. The van der Waals surface area contributed by atoms with E-state index >= 15 is 0 Å². The third kappa shape index (κ3) is 12.2. The second-order valence-electron chi connectivity index (χ2n) is 8.10. The van der Waals surface area contributed by atoms with E-state index in [0.29, 0.717) is 0 Å². The van der Waals surface area contributed by atoms with Crippen molar-refractivity contribution in [2.75, 3.05) is 33.7 Å². The van der Waals surface area contributed by atoms with Crippen molar-refractivity contribution in [2.24, 2.45) is 5.41 Å². The van der Waals surface area contributed by atoms with E-state index in [-0.39, 0.29) is 11.3 Å². The van der Waals surface area contributed by atoms with Crippen LogP contribution in [-0.4, -0.2) is 49.4 Å². The van der Waals surface area contributed by atoms with Crippen LogP contribution in [0, 0.1) is 5.41 Å². The smallest absolute Gasteiger partial charge is 0.246 e. The Hall–Kier alpha value is -0.830. The molecule has 0 aromatic carbocycles. The highest BCUT2D eigenvalue weighted by atomic mass is 16.2. The summed E-state index contributed by atoms with van der Waals surface area (Å²) in [5.41, 5.74) is 0.253. The van der Waals surface area contributed by atoms with Gasteiger partial charge < -0.3 is 9.80 Å². The SMILES string of the molecule is CCCCCCCC(C)(CCCC)CN(CC)C(=O)/C=C/CN(C)C. The summed E-state index contributed by atoms with van der Waals surface area (Å²) in [5.74, 6) is 0.165. The summed E-state index contributed by atoms with van der Waals surface area (Å²) in [6.07, 6.45) is 15.3. The van der Waals surface area contributed by atoms with Crippen LogP contribution in [0.4, 0.5) is 0 Å². The molecule has 0 aromatic rings. The third-order valence-electron chi connectivity index (χ3n) is 5.01. The number of nitrogens with zero attached hydrogens (tertiary/aromatic N) is 2. The molecule has 0 rings (SSSR count). The van der Waals surface area contributed by atoms with Gasteiger partial charge in [0.2, 0.25) is 5.91 Å². The minimum Gasteiger partial charge on any atom is -0.339 e. The van der Waals surface area contributed by atoms with E-state index in [0.717, 1.165) is 19.6 Å². The maximum atomic E-state index is 12.5. The Balaban J connectivity index is 4.69. The topological polar surface area (TPSA) is 23.6 Å². The highest BCUT2D eigenvalue weighted by Gasteiger charge is 2.27. The van der Waals surface area contributed by atoms with Crippen molar-refractivity contribution < 1.29 is 4.79 Å². The maximum absolute atomic E-state index is 12.5. The van der Waals surface area contributed by atoms with Gasteiger partial charge in [0.1, 0.15) is 0 Å². The molecule has 0 N–H and O–H groups in total. The number of carbonyl (C=O) groups is 1. The normalized spacial score (nSPS) is 14.2. The van der Waals surface area contributed by atoms with Crippen LogP contribution in [0.3, 0.4) is 0 Å². The molecule has 148 valence electrons. The van der Waals surface area contributed by atoms with Gasteiger partial charge in [-0.3, -0.25) is 4.79 Å². The first-order valence-electron chi connectivity index (χ1n) is 10.5. The molecule has 1 atom stereocenters. The molecule has 0 spiro atoms. The molecule has 3 heteroatoms. The fourth-order valence-electron chi connectivity index (χ4n) is 3.32. The fourth-order valence-corrected chi connectivity index (χ4v) is 3.32. The van der Waals surface area contributed by atoms with Crippen molar-refractivity contribution in [3.8, 4) is 0 Å². The summed E-state index contributed by atoms with van der Waals surface area (Å²) in [4.78, 5) is 16.6. The van der Waals surface area contributed by atoms with E-state index in [1.807, 2.05) is 25.1 Å². The highest BCUT2D eigenvalue weighted by molar-refractivity contribution is 5.87. The van der Waals surface area contributed by atoms with Crippen molar-refractivity contribution in [1.29, 1.82) is 0 Å². The zero-order chi connectivity index (χ0) is 19.1. The molecule has 0 aliphatic rings.